The SMILES string of the molecule is Cc1[nH]ncc1C(=O)N1CCCC1c1ccncc1. The standard InChI is InChI=1S/C14H16N4O/c1-10-12(9-16-17-10)14(19)18-8-2-3-13(18)11-4-6-15-7-5-11/h4-7,9,13H,2-3,8H2,1H3,(H,16,17). The van der Waals surface area contributed by atoms with Gasteiger partial charge in [-0.25, -0.2) is 0 Å². The van der Waals surface area contributed by atoms with E-state index in [1.807, 2.05) is 24.0 Å². The molecule has 1 aliphatic heterocycles. The van der Waals surface area contributed by atoms with Crippen LogP contribution in [0.3, 0.4) is 0 Å². The zero-order valence-electron chi connectivity index (χ0n) is 10.8. The molecule has 98 valence electrons. The fraction of sp³-hybridized carbons (Fsp3) is 0.357. The molecule has 0 radical (unpaired) electrons. The summed E-state index contributed by atoms with van der Waals surface area (Å²) in [6.07, 6.45) is 7.21. The average Bonchev–Trinajstić information content (AvgIpc) is 3.07. The number of hydrogen-bond acceptors (Lipinski definition) is 3. The summed E-state index contributed by atoms with van der Waals surface area (Å²) in [5, 5.41) is 6.75. The number of hydrogen-bond donors (Lipinski definition) is 1. The molecular weight excluding hydrogens is 240 g/mol. The van der Waals surface area contributed by atoms with Crippen molar-refractivity contribution in [2.45, 2.75) is 25.8 Å². The molecule has 0 aliphatic carbocycles. The van der Waals surface area contributed by atoms with Crippen molar-refractivity contribution < 1.29 is 4.79 Å². The first-order valence-corrected chi connectivity index (χ1v) is 6.48. The molecule has 1 unspecified atom stereocenters. The van der Waals surface area contributed by atoms with Crippen molar-refractivity contribution in [3.05, 3.63) is 47.5 Å². The third kappa shape index (κ3) is 2.12. The van der Waals surface area contributed by atoms with Gasteiger partial charge in [0, 0.05) is 24.6 Å². The minimum Gasteiger partial charge on any atom is -0.331 e. The van der Waals surface area contributed by atoms with Crippen LogP contribution in [0.2, 0.25) is 0 Å². The van der Waals surface area contributed by atoms with Crippen molar-refractivity contribution >= 4 is 5.91 Å². The Morgan fingerprint density at radius 1 is 1.42 bits per heavy atom. The summed E-state index contributed by atoms with van der Waals surface area (Å²) in [5.74, 6) is 0.0607. The molecule has 5 nitrogen and oxygen atoms in total. The highest BCUT2D eigenvalue weighted by molar-refractivity contribution is 5.95. The van der Waals surface area contributed by atoms with E-state index in [4.69, 9.17) is 0 Å². The van der Waals surface area contributed by atoms with Crippen LogP contribution in [0.5, 0.6) is 0 Å². The van der Waals surface area contributed by atoms with E-state index >= 15 is 0 Å². The van der Waals surface area contributed by atoms with E-state index in [1.165, 1.54) is 0 Å². The van der Waals surface area contributed by atoms with E-state index in [0.717, 1.165) is 30.6 Å². The number of carbonyl (C=O) groups excluding carboxylic acids is 1. The van der Waals surface area contributed by atoms with Crippen LogP contribution >= 0.6 is 0 Å². The number of nitrogens with one attached hydrogen (secondary N) is 1. The van der Waals surface area contributed by atoms with E-state index < -0.39 is 0 Å². The normalized spacial score (nSPS) is 18.8. The molecule has 0 saturated carbocycles. The number of pyridine rings is 1. The van der Waals surface area contributed by atoms with Crippen LogP contribution in [-0.2, 0) is 0 Å². The Bertz CT molecular complexity index is 578. The number of nitrogens with zero attached hydrogens (tertiary/aromatic N) is 3. The van der Waals surface area contributed by atoms with Crippen molar-refractivity contribution in [3.8, 4) is 0 Å². The van der Waals surface area contributed by atoms with E-state index in [2.05, 4.69) is 15.2 Å². The predicted molar refractivity (Wildman–Crippen MR) is 70.6 cm³/mol. The molecule has 1 fully saturated rings. The topological polar surface area (TPSA) is 61.9 Å². The van der Waals surface area contributed by atoms with Gasteiger partial charge in [-0.2, -0.15) is 5.10 Å². The Balaban J connectivity index is 1.88. The first-order chi connectivity index (χ1) is 9.27. The van der Waals surface area contributed by atoms with Crippen LogP contribution in [0.4, 0.5) is 0 Å². The van der Waals surface area contributed by atoms with Gasteiger partial charge in [-0.05, 0) is 37.5 Å². The van der Waals surface area contributed by atoms with Crippen molar-refractivity contribution in [2.75, 3.05) is 6.54 Å². The van der Waals surface area contributed by atoms with Crippen molar-refractivity contribution in [2.24, 2.45) is 0 Å². The molecule has 1 aliphatic rings. The Morgan fingerprint density at radius 3 is 2.89 bits per heavy atom. The third-order valence-electron chi connectivity index (χ3n) is 3.66. The maximum atomic E-state index is 12.6. The van der Waals surface area contributed by atoms with Gasteiger partial charge >= 0.3 is 0 Å². The second kappa shape index (κ2) is 4.84. The third-order valence-corrected chi connectivity index (χ3v) is 3.66. The van der Waals surface area contributed by atoms with E-state index in [1.54, 1.807) is 18.6 Å². The maximum Gasteiger partial charge on any atom is 0.257 e. The van der Waals surface area contributed by atoms with Gasteiger partial charge < -0.3 is 4.90 Å². The van der Waals surface area contributed by atoms with Gasteiger partial charge in [0.25, 0.3) is 5.91 Å². The highest BCUT2D eigenvalue weighted by Gasteiger charge is 2.31. The van der Waals surface area contributed by atoms with E-state index in [9.17, 15) is 4.79 Å². The molecule has 1 amide bonds. The summed E-state index contributed by atoms with van der Waals surface area (Å²) in [4.78, 5) is 18.5. The van der Waals surface area contributed by atoms with E-state index in [-0.39, 0.29) is 11.9 Å². The van der Waals surface area contributed by atoms with Crippen LogP contribution in [0, 0.1) is 6.92 Å². The number of aromatic amines is 1. The van der Waals surface area contributed by atoms with Crippen molar-refractivity contribution in [1.82, 2.24) is 20.1 Å². The summed E-state index contributed by atoms with van der Waals surface area (Å²) < 4.78 is 0. The molecule has 1 atom stereocenters. The number of aryl methyl sites for hydroxylation is 1. The number of amides is 1. The molecule has 2 aromatic rings. The molecule has 0 bridgehead atoms. The quantitative estimate of drug-likeness (QED) is 0.895. The fourth-order valence-corrected chi connectivity index (χ4v) is 2.66. The predicted octanol–water partition coefficient (Wildman–Crippen LogP) is 2.09. The van der Waals surface area contributed by atoms with Crippen LogP contribution in [0.15, 0.2) is 30.7 Å². The average molecular weight is 256 g/mol. The highest BCUT2D eigenvalue weighted by atomic mass is 16.2. The number of carbonyl (C=O) groups is 1. The summed E-state index contributed by atoms with van der Waals surface area (Å²) in [5.41, 5.74) is 2.65. The first kappa shape index (κ1) is 11.9. The molecule has 5 heteroatoms. The van der Waals surface area contributed by atoms with Crippen LogP contribution in [0.1, 0.15) is 40.5 Å². The van der Waals surface area contributed by atoms with Crippen LogP contribution < -0.4 is 0 Å². The molecule has 1 saturated heterocycles. The Morgan fingerprint density at radius 2 is 2.21 bits per heavy atom. The number of H-pyrrole nitrogens is 1. The molecule has 2 aromatic heterocycles. The second-order valence-corrected chi connectivity index (χ2v) is 4.85. The molecule has 0 spiro atoms. The Hall–Kier alpha value is -2.17. The first-order valence-electron chi connectivity index (χ1n) is 6.48. The lowest BCUT2D eigenvalue weighted by molar-refractivity contribution is 0.0735. The Labute approximate surface area is 111 Å². The molecule has 19 heavy (non-hydrogen) atoms. The Kier molecular flexibility index (Phi) is 3.03. The van der Waals surface area contributed by atoms with Crippen LogP contribution in [-0.4, -0.2) is 32.5 Å². The van der Waals surface area contributed by atoms with Gasteiger partial charge in [-0.15, -0.1) is 0 Å². The second-order valence-electron chi connectivity index (χ2n) is 4.85. The van der Waals surface area contributed by atoms with Gasteiger partial charge in [0.05, 0.1) is 17.8 Å². The van der Waals surface area contributed by atoms with Gasteiger partial charge in [-0.1, -0.05) is 0 Å². The minimum absolute atomic E-state index is 0.0607. The van der Waals surface area contributed by atoms with Gasteiger partial charge in [0.2, 0.25) is 0 Å². The lowest BCUT2D eigenvalue weighted by atomic mass is 10.1. The molecule has 0 aromatic carbocycles. The van der Waals surface area contributed by atoms with Crippen LogP contribution in [0.25, 0.3) is 0 Å². The van der Waals surface area contributed by atoms with Gasteiger partial charge in [-0.3, -0.25) is 14.9 Å². The zero-order chi connectivity index (χ0) is 13.2. The molecule has 3 rings (SSSR count). The minimum atomic E-state index is 0.0607. The summed E-state index contributed by atoms with van der Waals surface area (Å²) in [7, 11) is 0. The van der Waals surface area contributed by atoms with Gasteiger partial charge in [0.1, 0.15) is 0 Å². The molecule has 1 N–H and O–H groups in total. The summed E-state index contributed by atoms with van der Waals surface area (Å²) in [6, 6.07) is 4.13. The van der Waals surface area contributed by atoms with Crippen molar-refractivity contribution in [1.29, 1.82) is 0 Å². The van der Waals surface area contributed by atoms with Crippen molar-refractivity contribution in [3.63, 3.8) is 0 Å². The molecule has 3 heterocycles. The zero-order valence-corrected chi connectivity index (χ0v) is 10.8. The lowest BCUT2D eigenvalue weighted by Crippen LogP contribution is -2.30. The lowest BCUT2D eigenvalue weighted by Gasteiger charge is -2.24. The number of rotatable bonds is 2. The highest BCUT2D eigenvalue weighted by Crippen LogP contribution is 2.32. The maximum absolute atomic E-state index is 12.6. The van der Waals surface area contributed by atoms with Gasteiger partial charge in [0.15, 0.2) is 0 Å². The number of likely N-dealkylation sites (tertiary alicyclic amines) is 1. The number of aromatic nitrogens is 3. The smallest absolute Gasteiger partial charge is 0.257 e. The van der Waals surface area contributed by atoms with E-state index in [0.29, 0.717) is 5.56 Å². The summed E-state index contributed by atoms with van der Waals surface area (Å²) in [6.45, 7) is 2.67. The largest absolute Gasteiger partial charge is 0.331 e. The fourth-order valence-electron chi connectivity index (χ4n) is 2.66. The molecular formula is C14H16N4O. The summed E-state index contributed by atoms with van der Waals surface area (Å²) >= 11 is 0. The monoisotopic (exact) mass is 256 g/mol.